The Kier molecular flexibility index (Phi) is 4.33. The summed E-state index contributed by atoms with van der Waals surface area (Å²) in [5.74, 6) is 0. The summed E-state index contributed by atoms with van der Waals surface area (Å²) in [5, 5.41) is 0. The molecule has 0 fully saturated rings. The second-order valence-corrected chi connectivity index (χ2v) is 5.08. The lowest BCUT2D eigenvalue weighted by atomic mass is 9.78. The van der Waals surface area contributed by atoms with Gasteiger partial charge in [-0.1, -0.05) is 96.5 Å². The Hall–Kier alpha value is -2.42. The van der Waals surface area contributed by atoms with Crippen LogP contribution in [0.5, 0.6) is 0 Å². The topological polar surface area (TPSA) is 23.3 Å². The van der Waals surface area contributed by atoms with Crippen molar-refractivity contribution in [3.8, 4) is 0 Å². The van der Waals surface area contributed by atoms with Crippen molar-refractivity contribution in [3.05, 3.63) is 108 Å². The molecule has 0 aliphatic rings. The molecule has 0 N–H and O–H groups in total. The normalized spacial score (nSPS) is 11.3. The van der Waals surface area contributed by atoms with Crippen LogP contribution in [0.1, 0.15) is 16.7 Å². The van der Waals surface area contributed by atoms with Crippen LogP contribution in [0.25, 0.3) is 0 Å². The fourth-order valence-electron chi connectivity index (χ4n) is 2.83. The molecule has 3 aromatic carbocycles. The van der Waals surface area contributed by atoms with E-state index in [4.69, 9.17) is 4.84 Å². The maximum atomic E-state index is 5.30. The second-order valence-electron chi connectivity index (χ2n) is 5.08. The Morgan fingerprint density at radius 1 is 0.591 bits per heavy atom. The molecule has 109 valence electrons. The SMILES string of the molecule is CO[N]C(c1ccccc1)(c1ccccc1)c1ccccc1. The molecule has 2 heteroatoms. The van der Waals surface area contributed by atoms with Crippen molar-refractivity contribution in [2.75, 3.05) is 7.11 Å². The summed E-state index contributed by atoms with van der Waals surface area (Å²) in [6.45, 7) is 0. The van der Waals surface area contributed by atoms with Gasteiger partial charge < -0.3 is 0 Å². The first-order valence-corrected chi connectivity index (χ1v) is 7.30. The van der Waals surface area contributed by atoms with E-state index in [9.17, 15) is 0 Å². The molecular formula is C20H18NO. The Balaban J connectivity index is 2.29. The Bertz CT molecular complexity index is 599. The quantitative estimate of drug-likeness (QED) is 0.511. The molecule has 0 aromatic heterocycles. The van der Waals surface area contributed by atoms with Crippen molar-refractivity contribution in [3.63, 3.8) is 0 Å². The van der Waals surface area contributed by atoms with Gasteiger partial charge in [0.2, 0.25) is 0 Å². The molecule has 0 heterocycles. The monoisotopic (exact) mass is 288 g/mol. The number of rotatable bonds is 5. The lowest BCUT2D eigenvalue weighted by molar-refractivity contribution is 0.0331. The summed E-state index contributed by atoms with van der Waals surface area (Å²) in [6.07, 6.45) is 0. The third-order valence-electron chi connectivity index (χ3n) is 3.80. The summed E-state index contributed by atoms with van der Waals surface area (Å²) in [4.78, 5) is 5.30. The predicted molar refractivity (Wildman–Crippen MR) is 88.4 cm³/mol. The number of hydroxylamine groups is 1. The van der Waals surface area contributed by atoms with Crippen molar-refractivity contribution < 1.29 is 4.84 Å². The minimum absolute atomic E-state index is 0.668. The van der Waals surface area contributed by atoms with Crippen LogP contribution in [0.3, 0.4) is 0 Å². The largest absolute Gasteiger partial charge is 0.284 e. The molecule has 3 rings (SSSR count). The zero-order chi connectivity index (χ0) is 15.3. The first kappa shape index (κ1) is 14.5. The van der Waals surface area contributed by atoms with E-state index in [1.807, 2.05) is 54.6 Å². The Morgan fingerprint density at radius 3 is 1.18 bits per heavy atom. The van der Waals surface area contributed by atoms with Crippen molar-refractivity contribution in [1.29, 1.82) is 0 Å². The van der Waals surface area contributed by atoms with Gasteiger partial charge in [0.1, 0.15) is 5.54 Å². The molecule has 0 amide bonds. The highest BCUT2D eigenvalue weighted by atomic mass is 16.6. The third kappa shape index (κ3) is 2.54. The van der Waals surface area contributed by atoms with E-state index in [-0.39, 0.29) is 0 Å². The predicted octanol–water partition coefficient (Wildman–Crippen LogP) is 4.14. The smallest absolute Gasteiger partial charge is 0.140 e. The maximum absolute atomic E-state index is 5.30. The van der Waals surface area contributed by atoms with Gasteiger partial charge in [0.15, 0.2) is 0 Å². The standard InChI is InChI=1S/C20H18NO/c1-22-21-20(17-11-5-2-6-12-17,18-13-7-3-8-14-18)19-15-9-4-10-16-19/h2-16H,1H3. The first-order chi connectivity index (χ1) is 10.9. The second kappa shape index (κ2) is 6.56. The highest BCUT2D eigenvalue weighted by molar-refractivity contribution is 5.48. The molecule has 1 radical (unpaired) electrons. The van der Waals surface area contributed by atoms with Crippen molar-refractivity contribution in [2.45, 2.75) is 5.54 Å². The Labute approximate surface area is 131 Å². The van der Waals surface area contributed by atoms with E-state index in [0.717, 1.165) is 16.7 Å². The first-order valence-electron chi connectivity index (χ1n) is 7.30. The van der Waals surface area contributed by atoms with E-state index < -0.39 is 5.54 Å². The van der Waals surface area contributed by atoms with Crippen molar-refractivity contribution in [1.82, 2.24) is 5.48 Å². The molecule has 2 nitrogen and oxygen atoms in total. The van der Waals surface area contributed by atoms with Gasteiger partial charge in [0.25, 0.3) is 0 Å². The van der Waals surface area contributed by atoms with E-state index in [1.165, 1.54) is 0 Å². The molecule has 0 atom stereocenters. The van der Waals surface area contributed by atoms with E-state index in [1.54, 1.807) is 7.11 Å². The highest BCUT2D eigenvalue weighted by Crippen LogP contribution is 2.37. The molecule has 0 saturated carbocycles. The van der Waals surface area contributed by atoms with Gasteiger partial charge in [-0.2, -0.15) is 0 Å². The molecule has 22 heavy (non-hydrogen) atoms. The molecule has 0 bridgehead atoms. The molecule has 0 spiro atoms. The summed E-state index contributed by atoms with van der Waals surface area (Å²) in [7, 11) is 1.60. The minimum Gasteiger partial charge on any atom is -0.284 e. The van der Waals surface area contributed by atoms with Crippen LogP contribution in [-0.4, -0.2) is 7.11 Å². The zero-order valence-electron chi connectivity index (χ0n) is 12.5. The average Bonchev–Trinajstić information content (AvgIpc) is 2.62. The summed E-state index contributed by atoms with van der Waals surface area (Å²) in [5.41, 5.74) is 7.13. The van der Waals surface area contributed by atoms with Crippen LogP contribution in [-0.2, 0) is 10.4 Å². The minimum atomic E-state index is -0.668. The number of benzene rings is 3. The number of hydrogen-bond donors (Lipinski definition) is 0. The van der Waals surface area contributed by atoms with Gasteiger partial charge in [0.05, 0.1) is 7.11 Å². The Morgan fingerprint density at radius 2 is 0.909 bits per heavy atom. The van der Waals surface area contributed by atoms with E-state index in [2.05, 4.69) is 41.9 Å². The fraction of sp³-hybridized carbons (Fsp3) is 0.100. The highest BCUT2D eigenvalue weighted by Gasteiger charge is 2.38. The van der Waals surface area contributed by atoms with E-state index in [0.29, 0.717) is 0 Å². The van der Waals surface area contributed by atoms with Gasteiger partial charge >= 0.3 is 0 Å². The van der Waals surface area contributed by atoms with Gasteiger partial charge in [-0.05, 0) is 16.7 Å². The van der Waals surface area contributed by atoms with Crippen LogP contribution >= 0.6 is 0 Å². The molecule has 0 aliphatic heterocycles. The zero-order valence-corrected chi connectivity index (χ0v) is 12.5. The molecule has 0 unspecified atom stereocenters. The van der Waals surface area contributed by atoms with Gasteiger partial charge in [-0.3, -0.25) is 4.84 Å². The van der Waals surface area contributed by atoms with Crippen LogP contribution in [0.2, 0.25) is 0 Å². The van der Waals surface area contributed by atoms with Crippen LogP contribution in [0, 0.1) is 0 Å². The molecular weight excluding hydrogens is 270 g/mol. The summed E-state index contributed by atoms with van der Waals surface area (Å²) in [6, 6.07) is 30.7. The number of nitrogens with zero attached hydrogens (tertiary/aromatic N) is 1. The van der Waals surface area contributed by atoms with Gasteiger partial charge in [-0.15, -0.1) is 0 Å². The lowest BCUT2D eigenvalue weighted by Gasteiger charge is -2.33. The van der Waals surface area contributed by atoms with Crippen LogP contribution in [0.4, 0.5) is 0 Å². The summed E-state index contributed by atoms with van der Waals surface area (Å²) < 4.78 is 0. The summed E-state index contributed by atoms with van der Waals surface area (Å²) >= 11 is 0. The molecule has 0 saturated heterocycles. The van der Waals surface area contributed by atoms with Gasteiger partial charge in [-0.25, -0.2) is 0 Å². The molecule has 3 aromatic rings. The van der Waals surface area contributed by atoms with Crippen molar-refractivity contribution >= 4 is 0 Å². The maximum Gasteiger partial charge on any atom is 0.140 e. The van der Waals surface area contributed by atoms with Crippen LogP contribution in [0.15, 0.2) is 91.0 Å². The lowest BCUT2D eigenvalue weighted by Crippen LogP contribution is -2.39. The third-order valence-corrected chi connectivity index (χ3v) is 3.80. The van der Waals surface area contributed by atoms with Crippen molar-refractivity contribution in [2.24, 2.45) is 0 Å². The van der Waals surface area contributed by atoms with Gasteiger partial charge in [0, 0.05) is 0 Å². The fourth-order valence-corrected chi connectivity index (χ4v) is 2.83. The number of hydrogen-bond acceptors (Lipinski definition) is 1. The average molecular weight is 288 g/mol. The van der Waals surface area contributed by atoms with Crippen LogP contribution < -0.4 is 5.48 Å². The molecule has 0 aliphatic carbocycles. The van der Waals surface area contributed by atoms with E-state index >= 15 is 0 Å².